The molecular weight excluding hydrogens is 258 g/mol. The van der Waals surface area contributed by atoms with Crippen LogP contribution >= 0.6 is 0 Å². The van der Waals surface area contributed by atoms with Crippen molar-refractivity contribution in [2.24, 2.45) is 5.10 Å². The van der Waals surface area contributed by atoms with E-state index in [0.29, 0.717) is 0 Å². The molecule has 0 atom stereocenters. The Morgan fingerprint density at radius 3 is 2.74 bits per heavy atom. The quantitative estimate of drug-likeness (QED) is 0.477. The number of nitro benzene ring substituents is 1. The lowest BCUT2D eigenvalue weighted by molar-refractivity contribution is -0.386. The van der Waals surface area contributed by atoms with Crippen molar-refractivity contribution in [3.05, 3.63) is 27.8 Å². The highest BCUT2D eigenvalue weighted by atomic mass is 16.6. The monoisotopic (exact) mass is 269 g/mol. The average Bonchev–Trinajstić information content (AvgIpc) is 2.39. The van der Waals surface area contributed by atoms with Crippen molar-refractivity contribution < 1.29 is 24.3 Å². The molecule has 0 saturated carbocycles. The molecule has 1 rings (SSSR count). The maximum atomic E-state index is 10.9. The Morgan fingerprint density at radius 1 is 1.53 bits per heavy atom. The minimum atomic E-state index is -0.815. The van der Waals surface area contributed by atoms with E-state index in [1.54, 1.807) is 0 Å². The summed E-state index contributed by atoms with van der Waals surface area (Å²) in [4.78, 5) is 21.0. The molecule has 0 spiro atoms. The zero-order valence-electron chi connectivity index (χ0n) is 10.1. The van der Waals surface area contributed by atoms with E-state index < -0.39 is 16.7 Å². The molecule has 0 aliphatic rings. The molecule has 0 fully saturated rings. The number of hydrogen-bond donors (Lipinski definition) is 2. The summed E-state index contributed by atoms with van der Waals surface area (Å²) in [5.74, 6) is -0.653. The van der Waals surface area contributed by atoms with Crippen molar-refractivity contribution in [3.63, 3.8) is 0 Å². The molecule has 102 valence electrons. The summed E-state index contributed by atoms with van der Waals surface area (Å²) in [6, 6.07) is 2.48. The highest BCUT2D eigenvalue weighted by Crippen LogP contribution is 2.37. The number of hydrogen-bond acceptors (Lipinski definition) is 7. The number of phenolic OH excluding ortho intramolecular Hbond substituents is 1. The predicted molar refractivity (Wildman–Crippen MR) is 64.4 cm³/mol. The number of nitrogens with one attached hydrogen (secondary N) is 1. The summed E-state index contributed by atoms with van der Waals surface area (Å²) in [5, 5.41) is 23.9. The summed E-state index contributed by atoms with van der Waals surface area (Å²) in [7, 11) is 2.34. The second-order valence-electron chi connectivity index (χ2n) is 3.17. The molecule has 0 heterocycles. The Balaban J connectivity index is 3.14. The number of phenols is 1. The second-order valence-corrected chi connectivity index (χ2v) is 3.17. The van der Waals surface area contributed by atoms with E-state index in [9.17, 15) is 20.0 Å². The molecule has 0 saturated heterocycles. The number of hydrazone groups is 1. The molecule has 0 aliphatic carbocycles. The van der Waals surface area contributed by atoms with E-state index in [1.807, 2.05) is 5.43 Å². The number of nitrogens with zero attached hydrogens (tertiary/aromatic N) is 2. The minimum Gasteiger partial charge on any atom is -0.504 e. The number of benzene rings is 1. The Hall–Kier alpha value is -2.84. The van der Waals surface area contributed by atoms with Crippen molar-refractivity contribution in [1.29, 1.82) is 0 Å². The molecule has 1 aromatic rings. The van der Waals surface area contributed by atoms with Gasteiger partial charge in [-0.05, 0) is 12.1 Å². The number of methoxy groups -OCH3 is 2. The lowest BCUT2D eigenvalue weighted by atomic mass is 10.1. The molecule has 0 radical (unpaired) electrons. The molecule has 0 aromatic heterocycles. The number of rotatable bonds is 4. The van der Waals surface area contributed by atoms with Gasteiger partial charge in [0.1, 0.15) is 0 Å². The van der Waals surface area contributed by atoms with E-state index >= 15 is 0 Å². The predicted octanol–water partition coefficient (Wildman–Crippen LogP) is 0.999. The van der Waals surface area contributed by atoms with Gasteiger partial charge in [-0.1, -0.05) is 0 Å². The molecule has 9 heteroatoms. The first-order chi connectivity index (χ1) is 9.01. The van der Waals surface area contributed by atoms with Crippen LogP contribution < -0.4 is 10.2 Å². The zero-order valence-corrected chi connectivity index (χ0v) is 10.1. The summed E-state index contributed by atoms with van der Waals surface area (Å²) in [6.07, 6.45) is 0.224. The number of amides is 1. The van der Waals surface area contributed by atoms with Gasteiger partial charge in [0.2, 0.25) is 5.75 Å². The number of nitro groups is 1. The van der Waals surface area contributed by atoms with Gasteiger partial charge < -0.3 is 14.6 Å². The van der Waals surface area contributed by atoms with Gasteiger partial charge in [0.25, 0.3) is 0 Å². The Bertz CT molecular complexity index is 528. The van der Waals surface area contributed by atoms with Gasteiger partial charge in [0.15, 0.2) is 5.75 Å². The standard InChI is InChI=1S/C10H11N3O6/c1-18-9-7(14)4-3-6(8(9)13(16)17)5-11-12-10(15)19-2/h3-5,14H,1-2H3,(H,12,15)/b11-5-. The van der Waals surface area contributed by atoms with Gasteiger partial charge in [0.05, 0.1) is 30.9 Å². The van der Waals surface area contributed by atoms with Crippen LogP contribution in [0.25, 0.3) is 0 Å². The first-order valence-electron chi connectivity index (χ1n) is 4.92. The topological polar surface area (TPSA) is 123 Å². The summed E-state index contributed by atoms with van der Waals surface area (Å²) in [5.41, 5.74) is 1.57. The molecule has 2 N–H and O–H groups in total. The molecule has 9 nitrogen and oxygen atoms in total. The number of carbonyl (C=O) groups is 1. The van der Waals surface area contributed by atoms with Gasteiger partial charge in [-0.25, -0.2) is 10.2 Å². The van der Waals surface area contributed by atoms with Crippen molar-refractivity contribution >= 4 is 18.0 Å². The second kappa shape index (κ2) is 6.19. The SMILES string of the molecule is COC(=O)N/N=C\c1ccc(O)c(OC)c1[N+](=O)[O-]. The Kier molecular flexibility index (Phi) is 4.63. The molecule has 1 aromatic carbocycles. The van der Waals surface area contributed by atoms with E-state index in [1.165, 1.54) is 19.2 Å². The van der Waals surface area contributed by atoms with Gasteiger partial charge in [0, 0.05) is 0 Å². The van der Waals surface area contributed by atoms with E-state index in [4.69, 9.17) is 4.74 Å². The van der Waals surface area contributed by atoms with Gasteiger partial charge in [-0.15, -0.1) is 0 Å². The van der Waals surface area contributed by atoms with Crippen molar-refractivity contribution in [3.8, 4) is 11.5 Å². The van der Waals surface area contributed by atoms with Gasteiger partial charge in [-0.2, -0.15) is 5.10 Å². The minimum absolute atomic E-state index is 0.0519. The fourth-order valence-electron chi connectivity index (χ4n) is 1.27. The zero-order chi connectivity index (χ0) is 14.4. The van der Waals surface area contributed by atoms with Crippen LogP contribution in [0.2, 0.25) is 0 Å². The van der Waals surface area contributed by atoms with Crippen LogP contribution in [0.1, 0.15) is 5.56 Å². The van der Waals surface area contributed by atoms with Crippen LogP contribution in [0.3, 0.4) is 0 Å². The molecule has 19 heavy (non-hydrogen) atoms. The highest BCUT2D eigenvalue weighted by molar-refractivity contribution is 5.88. The maximum Gasteiger partial charge on any atom is 0.427 e. The molecule has 0 unspecified atom stereocenters. The first kappa shape index (κ1) is 14.2. The van der Waals surface area contributed by atoms with Crippen LogP contribution in [-0.4, -0.2) is 36.6 Å². The number of aromatic hydroxyl groups is 1. The van der Waals surface area contributed by atoms with Gasteiger partial charge in [-0.3, -0.25) is 10.1 Å². The van der Waals surface area contributed by atoms with Crippen molar-refractivity contribution in [1.82, 2.24) is 5.43 Å². The molecule has 1 amide bonds. The van der Waals surface area contributed by atoms with Gasteiger partial charge >= 0.3 is 11.8 Å². The molecule has 0 bridgehead atoms. The van der Waals surface area contributed by atoms with Crippen LogP contribution in [0.5, 0.6) is 11.5 Å². The third-order valence-corrected chi connectivity index (χ3v) is 2.07. The number of carbonyl (C=O) groups excluding carboxylic acids is 1. The summed E-state index contributed by atoms with van der Waals surface area (Å²) >= 11 is 0. The summed E-state index contributed by atoms with van der Waals surface area (Å²) in [6.45, 7) is 0. The van der Waals surface area contributed by atoms with Crippen molar-refractivity contribution in [2.45, 2.75) is 0 Å². The van der Waals surface area contributed by atoms with Crippen LogP contribution in [-0.2, 0) is 4.74 Å². The van der Waals surface area contributed by atoms with Crippen LogP contribution in [0.4, 0.5) is 10.5 Å². The largest absolute Gasteiger partial charge is 0.504 e. The normalized spacial score (nSPS) is 10.2. The highest BCUT2D eigenvalue weighted by Gasteiger charge is 2.23. The van der Waals surface area contributed by atoms with E-state index in [2.05, 4.69) is 9.84 Å². The first-order valence-corrected chi connectivity index (χ1v) is 4.92. The van der Waals surface area contributed by atoms with Crippen molar-refractivity contribution in [2.75, 3.05) is 14.2 Å². The third kappa shape index (κ3) is 3.31. The fraction of sp³-hybridized carbons (Fsp3) is 0.200. The summed E-state index contributed by atoms with van der Waals surface area (Å²) < 4.78 is 9.03. The third-order valence-electron chi connectivity index (χ3n) is 2.07. The van der Waals surface area contributed by atoms with Crippen LogP contribution in [0, 0.1) is 10.1 Å². The lowest BCUT2D eigenvalue weighted by Crippen LogP contribution is -2.16. The van der Waals surface area contributed by atoms with Crippen LogP contribution in [0.15, 0.2) is 17.2 Å². The fourth-order valence-corrected chi connectivity index (χ4v) is 1.27. The van der Waals surface area contributed by atoms with E-state index in [-0.39, 0.29) is 17.1 Å². The average molecular weight is 269 g/mol. The molecule has 0 aliphatic heterocycles. The maximum absolute atomic E-state index is 10.9. The Labute approximate surface area is 107 Å². The van der Waals surface area contributed by atoms with E-state index in [0.717, 1.165) is 13.3 Å². The molecular formula is C10H11N3O6. The Morgan fingerprint density at radius 2 is 2.21 bits per heavy atom. The smallest absolute Gasteiger partial charge is 0.427 e. The lowest BCUT2D eigenvalue weighted by Gasteiger charge is -2.05. The number of ether oxygens (including phenoxy) is 2.